The second kappa shape index (κ2) is 13.9. The van der Waals surface area contributed by atoms with Gasteiger partial charge in [-0.3, -0.25) is 4.57 Å². The molecule has 0 fully saturated rings. The minimum atomic E-state index is 0.277. The molecular formula is C50H42N4O. The summed E-state index contributed by atoms with van der Waals surface area (Å²) in [4.78, 5) is 4.77. The van der Waals surface area contributed by atoms with E-state index in [4.69, 9.17) is 14.8 Å². The molecule has 5 nitrogen and oxygen atoms in total. The largest absolute Gasteiger partial charge is 0.457 e. The highest BCUT2D eigenvalue weighted by Crippen LogP contribution is 2.44. The number of aromatic nitrogens is 4. The average molecular weight is 715 g/mol. The van der Waals surface area contributed by atoms with Gasteiger partial charge in [-0.2, -0.15) is 5.10 Å². The first-order valence-corrected chi connectivity index (χ1v) is 18.9. The van der Waals surface area contributed by atoms with Gasteiger partial charge in [0.2, 0.25) is 0 Å². The number of pyridine rings is 1. The highest BCUT2D eigenvalue weighted by Gasteiger charge is 2.23. The van der Waals surface area contributed by atoms with Crippen molar-refractivity contribution in [3.05, 3.63) is 180 Å². The van der Waals surface area contributed by atoms with Crippen LogP contribution >= 0.6 is 0 Å². The third-order valence-electron chi connectivity index (χ3n) is 10.6. The number of hydrogen-bond donors (Lipinski definition) is 0. The molecule has 0 aliphatic heterocycles. The molecule has 268 valence electrons. The van der Waals surface area contributed by atoms with Crippen molar-refractivity contribution in [1.82, 2.24) is 19.3 Å². The SMILES string of the molecule is Cc1ccnc(-n2c3ccccc3c3ccc(Oc4cc(C(C)C)cc(-n5nc(C)c(-c6c(-c7ccccc7)cccc6-c6ccccc6)c5C)c4)cc32)c1. The Labute approximate surface area is 322 Å². The Hall–Kier alpha value is -6.72. The fraction of sp³-hybridized carbons (Fsp3) is 0.120. The zero-order valence-corrected chi connectivity index (χ0v) is 31.8. The van der Waals surface area contributed by atoms with Crippen LogP contribution < -0.4 is 4.74 Å². The van der Waals surface area contributed by atoms with Crippen LogP contribution in [0.5, 0.6) is 11.5 Å². The maximum Gasteiger partial charge on any atom is 0.137 e. The Morgan fingerprint density at radius 1 is 0.564 bits per heavy atom. The van der Waals surface area contributed by atoms with Crippen molar-refractivity contribution >= 4 is 21.8 Å². The van der Waals surface area contributed by atoms with Crippen LogP contribution in [0.25, 0.3) is 66.7 Å². The molecule has 0 radical (unpaired) electrons. The van der Waals surface area contributed by atoms with Crippen molar-refractivity contribution < 1.29 is 4.74 Å². The molecule has 5 heteroatoms. The molecule has 0 aliphatic carbocycles. The first kappa shape index (κ1) is 34.1. The summed E-state index contributed by atoms with van der Waals surface area (Å²) in [5.41, 5.74) is 14.5. The maximum atomic E-state index is 6.79. The van der Waals surface area contributed by atoms with Crippen LogP contribution in [0.4, 0.5) is 0 Å². The number of fused-ring (bicyclic) bond motifs is 3. The van der Waals surface area contributed by atoms with Crippen LogP contribution in [0.3, 0.4) is 0 Å². The molecule has 0 spiro atoms. The lowest BCUT2D eigenvalue weighted by Gasteiger charge is -2.17. The number of rotatable bonds is 8. The Morgan fingerprint density at radius 3 is 1.93 bits per heavy atom. The van der Waals surface area contributed by atoms with E-state index in [2.05, 4.69) is 189 Å². The van der Waals surface area contributed by atoms with E-state index in [-0.39, 0.29) is 5.92 Å². The van der Waals surface area contributed by atoms with Gasteiger partial charge in [-0.25, -0.2) is 9.67 Å². The molecular weight excluding hydrogens is 673 g/mol. The average Bonchev–Trinajstić information content (AvgIpc) is 3.70. The predicted octanol–water partition coefficient (Wildman–Crippen LogP) is 13.2. The Balaban J connectivity index is 1.17. The van der Waals surface area contributed by atoms with Gasteiger partial charge in [0.15, 0.2) is 0 Å². The standard InChI is InChI=1S/C50H42N4O/c1-32(2)38-28-39(30-41(29-38)55-40-23-24-45-44-19-12-13-22-46(44)53(47(45)31-40)48-27-33(3)25-26-51-48)54-35(5)49(34(4)52-54)50-42(36-15-8-6-9-16-36)20-14-21-43(50)37-17-10-7-11-18-37/h6-32H,1-5H3. The van der Waals surface area contributed by atoms with Gasteiger partial charge >= 0.3 is 0 Å². The number of nitrogens with zero attached hydrogens (tertiary/aromatic N) is 4. The second-order valence-corrected chi connectivity index (χ2v) is 14.7. The van der Waals surface area contributed by atoms with Crippen molar-refractivity contribution in [2.24, 2.45) is 0 Å². The van der Waals surface area contributed by atoms with Crippen LogP contribution in [-0.2, 0) is 0 Å². The van der Waals surface area contributed by atoms with Crippen molar-refractivity contribution in [2.75, 3.05) is 0 Å². The number of ether oxygens (including phenoxy) is 1. The quantitative estimate of drug-likeness (QED) is 0.157. The van der Waals surface area contributed by atoms with Crippen molar-refractivity contribution in [2.45, 2.75) is 40.5 Å². The number of para-hydroxylation sites is 1. The summed E-state index contributed by atoms with van der Waals surface area (Å²) in [7, 11) is 0. The second-order valence-electron chi connectivity index (χ2n) is 14.7. The smallest absolute Gasteiger partial charge is 0.137 e. The van der Waals surface area contributed by atoms with E-state index in [9.17, 15) is 0 Å². The summed E-state index contributed by atoms with van der Waals surface area (Å²) in [6.45, 7) is 10.8. The fourth-order valence-electron chi connectivity index (χ4n) is 7.95. The van der Waals surface area contributed by atoms with Gasteiger partial charge in [0.25, 0.3) is 0 Å². The van der Waals surface area contributed by atoms with Crippen LogP contribution in [0, 0.1) is 20.8 Å². The monoisotopic (exact) mass is 714 g/mol. The number of hydrogen-bond acceptors (Lipinski definition) is 3. The van der Waals surface area contributed by atoms with Crippen LogP contribution in [0.1, 0.15) is 42.3 Å². The minimum absolute atomic E-state index is 0.277. The van der Waals surface area contributed by atoms with Crippen LogP contribution in [0.15, 0.2) is 158 Å². The van der Waals surface area contributed by atoms with Gasteiger partial charge in [0.05, 0.1) is 22.4 Å². The van der Waals surface area contributed by atoms with E-state index >= 15 is 0 Å². The third-order valence-corrected chi connectivity index (χ3v) is 10.6. The summed E-state index contributed by atoms with van der Waals surface area (Å²) in [5, 5.41) is 7.58. The van der Waals surface area contributed by atoms with Gasteiger partial charge in [0, 0.05) is 45.9 Å². The normalized spacial score (nSPS) is 11.5. The number of benzene rings is 6. The molecule has 6 aromatic carbocycles. The maximum absolute atomic E-state index is 6.79. The minimum Gasteiger partial charge on any atom is -0.457 e. The van der Waals surface area contributed by atoms with Crippen molar-refractivity contribution in [3.63, 3.8) is 0 Å². The van der Waals surface area contributed by atoms with Crippen molar-refractivity contribution in [3.8, 4) is 56.4 Å². The van der Waals surface area contributed by atoms with Gasteiger partial charge in [-0.05, 0) is 103 Å². The predicted molar refractivity (Wildman–Crippen MR) is 227 cm³/mol. The van der Waals surface area contributed by atoms with Crippen LogP contribution in [0.2, 0.25) is 0 Å². The third kappa shape index (κ3) is 6.18. The molecule has 3 aromatic heterocycles. The molecule has 9 rings (SSSR count). The summed E-state index contributed by atoms with van der Waals surface area (Å²) in [5.74, 6) is 2.69. The molecule has 0 atom stereocenters. The summed E-state index contributed by atoms with van der Waals surface area (Å²) < 4.78 is 11.1. The molecule has 0 saturated carbocycles. The number of aryl methyl sites for hydroxylation is 2. The van der Waals surface area contributed by atoms with Crippen molar-refractivity contribution in [1.29, 1.82) is 0 Å². The highest BCUT2D eigenvalue weighted by molar-refractivity contribution is 6.09. The van der Waals surface area contributed by atoms with Gasteiger partial charge in [0.1, 0.15) is 17.3 Å². The Morgan fingerprint density at radius 2 is 1.24 bits per heavy atom. The Bertz CT molecular complexity index is 2790. The van der Waals surface area contributed by atoms with E-state index in [0.717, 1.165) is 61.9 Å². The van der Waals surface area contributed by atoms with E-state index in [1.54, 1.807) is 0 Å². The molecule has 3 heterocycles. The lowest BCUT2D eigenvalue weighted by Crippen LogP contribution is -2.02. The molecule has 9 aromatic rings. The zero-order chi connectivity index (χ0) is 37.6. The molecule has 0 bridgehead atoms. The van der Waals surface area contributed by atoms with E-state index in [0.29, 0.717) is 0 Å². The first-order chi connectivity index (χ1) is 26.8. The van der Waals surface area contributed by atoms with Gasteiger partial charge < -0.3 is 4.74 Å². The van der Waals surface area contributed by atoms with E-state index < -0.39 is 0 Å². The molecule has 0 unspecified atom stereocenters. The highest BCUT2D eigenvalue weighted by atomic mass is 16.5. The summed E-state index contributed by atoms with van der Waals surface area (Å²) in [6, 6.07) is 53.4. The van der Waals surface area contributed by atoms with E-state index in [1.807, 2.05) is 12.3 Å². The Kier molecular flexibility index (Phi) is 8.63. The van der Waals surface area contributed by atoms with Gasteiger partial charge in [-0.15, -0.1) is 0 Å². The molecule has 0 amide bonds. The van der Waals surface area contributed by atoms with Gasteiger partial charge in [-0.1, -0.05) is 111 Å². The molecule has 0 aliphatic rings. The molecule has 0 N–H and O–H groups in total. The lowest BCUT2D eigenvalue weighted by atomic mass is 9.87. The zero-order valence-electron chi connectivity index (χ0n) is 31.8. The topological polar surface area (TPSA) is 44.9 Å². The molecule has 55 heavy (non-hydrogen) atoms. The summed E-state index contributed by atoms with van der Waals surface area (Å²) >= 11 is 0. The molecule has 0 saturated heterocycles. The summed E-state index contributed by atoms with van der Waals surface area (Å²) in [6.07, 6.45) is 1.87. The van der Waals surface area contributed by atoms with E-state index in [1.165, 1.54) is 38.8 Å². The fourth-order valence-corrected chi connectivity index (χ4v) is 7.95. The first-order valence-electron chi connectivity index (χ1n) is 18.9. The lowest BCUT2D eigenvalue weighted by molar-refractivity contribution is 0.481. The van der Waals surface area contributed by atoms with Crippen LogP contribution in [-0.4, -0.2) is 19.3 Å².